The summed E-state index contributed by atoms with van der Waals surface area (Å²) in [6.07, 6.45) is 0. The molecule has 0 saturated carbocycles. The Labute approximate surface area is 74.9 Å². The van der Waals surface area contributed by atoms with E-state index >= 15 is 0 Å². The number of carbonyl (C=O) groups excluding carboxylic acids is 1. The maximum atomic E-state index is 10.5. The van der Waals surface area contributed by atoms with Crippen molar-refractivity contribution in [3.05, 3.63) is 12.2 Å². The number of nitrogens with zero attached hydrogens (tertiary/aromatic N) is 1. The molecule has 0 rings (SSSR count). The third kappa shape index (κ3) is 3.91. The van der Waals surface area contributed by atoms with Crippen LogP contribution in [-0.4, -0.2) is 16.0 Å². The molecule has 0 heterocycles. The SMILES string of the molecule is C=C(C(N)=O)C(C)=N[C](C)=[V]. The summed E-state index contributed by atoms with van der Waals surface area (Å²) < 4.78 is 0.817. The van der Waals surface area contributed by atoms with Crippen molar-refractivity contribution in [1.29, 1.82) is 0 Å². The first-order valence-electron chi connectivity index (χ1n) is 3.02. The fraction of sp³-hybridized carbons (Fsp3) is 0.286. The Kier molecular flexibility index (Phi) is 4.00. The number of nitrogens with two attached hydrogens (primary N) is 1. The molecule has 0 spiro atoms. The average Bonchev–Trinajstić information content (AvgIpc) is 1.84. The number of primary amides is 1. The number of carbonyl (C=O) groups is 1. The Balaban J connectivity index is 4.49. The molecule has 59 valence electrons. The molecule has 0 atom stereocenters. The number of hydrogen-bond donors (Lipinski definition) is 1. The van der Waals surface area contributed by atoms with Crippen molar-refractivity contribution in [2.24, 2.45) is 10.7 Å². The van der Waals surface area contributed by atoms with Crippen LogP contribution >= 0.6 is 0 Å². The fourth-order valence-corrected chi connectivity index (χ4v) is 0.723. The van der Waals surface area contributed by atoms with Crippen molar-refractivity contribution in [1.82, 2.24) is 0 Å². The van der Waals surface area contributed by atoms with Crippen LogP contribution in [0.25, 0.3) is 0 Å². The summed E-state index contributed by atoms with van der Waals surface area (Å²) in [6.45, 7) is 7.00. The van der Waals surface area contributed by atoms with Gasteiger partial charge >= 0.3 is 74.5 Å². The van der Waals surface area contributed by atoms with Gasteiger partial charge in [-0.2, -0.15) is 0 Å². The van der Waals surface area contributed by atoms with E-state index in [0.717, 1.165) is 4.35 Å². The summed E-state index contributed by atoms with van der Waals surface area (Å²) in [6, 6.07) is 0. The Morgan fingerprint density at radius 1 is 1.55 bits per heavy atom. The van der Waals surface area contributed by atoms with Crippen LogP contribution in [0, 0.1) is 0 Å². The molecule has 0 aromatic heterocycles. The molecule has 0 radical (unpaired) electrons. The quantitative estimate of drug-likeness (QED) is 0.499. The summed E-state index contributed by atoms with van der Waals surface area (Å²) >= 11 is 2.27. The van der Waals surface area contributed by atoms with E-state index in [1.54, 1.807) is 6.92 Å². The molecule has 2 N–H and O–H groups in total. The van der Waals surface area contributed by atoms with E-state index in [2.05, 4.69) is 28.6 Å². The molecular weight excluding hydrogens is 179 g/mol. The van der Waals surface area contributed by atoms with E-state index in [0.29, 0.717) is 5.71 Å². The van der Waals surface area contributed by atoms with Crippen LogP contribution < -0.4 is 5.73 Å². The Morgan fingerprint density at radius 2 is 2.00 bits per heavy atom. The monoisotopic (exact) mass is 189 g/mol. The predicted molar refractivity (Wildman–Crippen MR) is 42.1 cm³/mol. The van der Waals surface area contributed by atoms with E-state index in [1.807, 2.05) is 6.92 Å². The second-order valence-corrected chi connectivity index (χ2v) is 3.10. The predicted octanol–water partition coefficient (Wildman–Crippen LogP) is 0.185. The van der Waals surface area contributed by atoms with Crippen LogP contribution in [0.1, 0.15) is 13.8 Å². The van der Waals surface area contributed by atoms with Gasteiger partial charge < -0.3 is 0 Å². The zero-order valence-electron chi connectivity index (χ0n) is 6.59. The van der Waals surface area contributed by atoms with Gasteiger partial charge in [0.15, 0.2) is 0 Å². The van der Waals surface area contributed by atoms with E-state index in [1.165, 1.54) is 0 Å². The maximum absolute atomic E-state index is 10.5. The number of amides is 1. The first-order chi connectivity index (χ1) is 4.95. The van der Waals surface area contributed by atoms with Crippen molar-refractivity contribution >= 4 is 16.0 Å². The standard InChI is InChI=1S/C7H10N2O.V/c1-4-9-6(3)5(2)7(8)10;/h2H2,1,3H3,(H2,8,10);. The summed E-state index contributed by atoms with van der Waals surface area (Å²) in [4.78, 5) is 14.6. The molecule has 11 heavy (non-hydrogen) atoms. The molecule has 0 aliphatic carbocycles. The molecule has 4 heteroatoms. The Bertz CT molecular complexity index is 243. The fourth-order valence-electron chi connectivity index (χ4n) is 0.488. The first-order valence-corrected chi connectivity index (χ1v) is 3.72. The zero-order chi connectivity index (χ0) is 9.02. The average molecular weight is 189 g/mol. The number of hydrogen-bond acceptors (Lipinski definition) is 2. The van der Waals surface area contributed by atoms with Crippen molar-refractivity contribution in [3.63, 3.8) is 0 Å². The van der Waals surface area contributed by atoms with Crippen molar-refractivity contribution in [2.75, 3.05) is 0 Å². The van der Waals surface area contributed by atoms with Crippen LogP contribution in [0.2, 0.25) is 0 Å². The topological polar surface area (TPSA) is 55.5 Å². The molecule has 0 aliphatic heterocycles. The molecule has 1 amide bonds. The van der Waals surface area contributed by atoms with Crippen LogP contribution in [-0.2, 0) is 21.8 Å². The summed E-state index contributed by atoms with van der Waals surface area (Å²) in [5, 5.41) is 0. The second-order valence-electron chi connectivity index (χ2n) is 2.09. The van der Waals surface area contributed by atoms with E-state index in [9.17, 15) is 4.79 Å². The van der Waals surface area contributed by atoms with Gasteiger partial charge in [-0.05, 0) is 0 Å². The molecule has 0 aromatic rings. The second kappa shape index (κ2) is 4.26. The van der Waals surface area contributed by atoms with Crippen molar-refractivity contribution in [3.8, 4) is 0 Å². The zero-order valence-corrected chi connectivity index (χ0v) is 7.98. The van der Waals surface area contributed by atoms with Gasteiger partial charge in [0.1, 0.15) is 0 Å². The van der Waals surface area contributed by atoms with Crippen LogP contribution in [0.5, 0.6) is 0 Å². The summed E-state index contributed by atoms with van der Waals surface area (Å²) in [5.74, 6) is -0.528. The van der Waals surface area contributed by atoms with Crippen molar-refractivity contribution in [2.45, 2.75) is 13.8 Å². The van der Waals surface area contributed by atoms with Crippen LogP contribution in [0.15, 0.2) is 17.1 Å². The van der Waals surface area contributed by atoms with Crippen LogP contribution in [0.3, 0.4) is 0 Å². The Morgan fingerprint density at radius 3 is 2.27 bits per heavy atom. The Hall–Kier alpha value is -0.666. The molecule has 0 aliphatic rings. The van der Waals surface area contributed by atoms with E-state index < -0.39 is 5.91 Å². The minimum atomic E-state index is -0.528. The molecule has 0 bridgehead atoms. The molecule has 0 fully saturated rings. The normalized spacial score (nSPS) is 10.8. The number of aliphatic imine (C=N–C) groups is 1. The molecule has 3 nitrogen and oxygen atoms in total. The van der Waals surface area contributed by atoms with Gasteiger partial charge in [0.25, 0.3) is 0 Å². The van der Waals surface area contributed by atoms with Gasteiger partial charge in [0.05, 0.1) is 0 Å². The van der Waals surface area contributed by atoms with Gasteiger partial charge in [0, 0.05) is 0 Å². The summed E-state index contributed by atoms with van der Waals surface area (Å²) in [5.41, 5.74) is 5.80. The first kappa shape index (κ1) is 10.3. The summed E-state index contributed by atoms with van der Waals surface area (Å²) in [7, 11) is 0. The van der Waals surface area contributed by atoms with Gasteiger partial charge in [-0.15, -0.1) is 0 Å². The number of rotatable bonds is 3. The van der Waals surface area contributed by atoms with E-state index in [-0.39, 0.29) is 5.57 Å². The van der Waals surface area contributed by atoms with Crippen LogP contribution in [0.4, 0.5) is 0 Å². The van der Waals surface area contributed by atoms with Gasteiger partial charge in [-0.1, -0.05) is 0 Å². The molecular formula is C7H10N2OV. The minimum absolute atomic E-state index is 0.260. The van der Waals surface area contributed by atoms with Gasteiger partial charge in [-0.25, -0.2) is 0 Å². The van der Waals surface area contributed by atoms with Gasteiger partial charge in [-0.3, -0.25) is 0 Å². The molecule has 0 saturated heterocycles. The van der Waals surface area contributed by atoms with Gasteiger partial charge in [0.2, 0.25) is 0 Å². The third-order valence-corrected chi connectivity index (χ3v) is 1.22. The molecule has 0 aromatic carbocycles. The van der Waals surface area contributed by atoms with E-state index in [4.69, 9.17) is 5.73 Å². The molecule has 0 unspecified atom stereocenters. The van der Waals surface area contributed by atoms with Crippen molar-refractivity contribution < 1.29 is 21.8 Å². The third-order valence-electron chi connectivity index (χ3n) is 1.06.